The van der Waals surface area contributed by atoms with Crippen molar-refractivity contribution >= 4 is 122 Å². The van der Waals surface area contributed by atoms with Gasteiger partial charge in [0.1, 0.15) is 36.3 Å². The molecular weight excluding hydrogens is 1620 g/mol. The fraction of sp³-hybridized carbons (Fsp3) is 0.464. The first-order valence-electron chi connectivity index (χ1n) is 42.5. The summed E-state index contributed by atoms with van der Waals surface area (Å²) in [6.07, 6.45) is 7.80. The van der Waals surface area contributed by atoms with Gasteiger partial charge >= 0.3 is 0 Å². The normalized spacial score (nSPS) is 13.3. The number of benzene rings is 4. The number of nitrogens with two attached hydrogens (primary N) is 9. The van der Waals surface area contributed by atoms with Gasteiger partial charge in [-0.2, -0.15) is 0 Å². The van der Waals surface area contributed by atoms with Gasteiger partial charge in [-0.3, -0.25) is 75.6 Å². The quantitative estimate of drug-likeness (QED) is 0.0110. The van der Waals surface area contributed by atoms with E-state index in [1.54, 1.807) is 18.6 Å². The third-order valence-electron chi connectivity index (χ3n) is 21.6. The molecule has 0 aliphatic carbocycles. The topological polar surface area (TPSA) is 759 Å². The summed E-state index contributed by atoms with van der Waals surface area (Å²) in [5, 5.41) is 91.5. The van der Waals surface area contributed by atoms with E-state index in [4.69, 9.17) is 84.1 Å². The zero-order chi connectivity index (χ0) is 91.9. The minimum atomic E-state index is -1.32. The van der Waals surface area contributed by atoms with Gasteiger partial charge in [-0.05, 0) is 165 Å². The Kier molecular flexibility index (Phi) is 40.0. The summed E-state index contributed by atoms with van der Waals surface area (Å²) in [7, 11) is 0. The van der Waals surface area contributed by atoms with Crippen LogP contribution in [-0.2, 0) is 101 Å². The fourth-order valence-electron chi connectivity index (χ4n) is 15.2. The van der Waals surface area contributed by atoms with Gasteiger partial charge < -0.3 is 146 Å². The van der Waals surface area contributed by atoms with Crippen molar-refractivity contribution in [3.63, 3.8) is 0 Å². The molecule has 0 aliphatic rings. The number of H-pyrrole nitrogens is 3. The third-order valence-corrected chi connectivity index (χ3v) is 21.6. The van der Waals surface area contributed by atoms with Crippen molar-refractivity contribution in [2.45, 2.75) is 210 Å². The van der Waals surface area contributed by atoms with Crippen LogP contribution in [0, 0.1) is 32.5 Å². The molecule has 3 aromatic heterocycles. The molecule has 42 N–H and O–H groups in total. The van der Waals surface area contributed by atoms with Crippen molar-refractivity contribution in [2.24, 2.45) is 51.6 Å². The van der Waals surface area contributed by atoms with E-state index < -0.39 is 108 Å². The molecule has 0 aliphatic heterocycles. The Morgan fingerprint density at radius 3 is 0.722 bits per heavy atom. The Balaban J connectivity index is 1.30. The van der Waals surface area contributed by atoms with Crippen LogP contribution < -0.4 is 131 Å². The number of fused-ring (bicyclic) bond motifs is 3. The van der Waals surface area contributed by atoms with Crippen molar-refractivity contribution < 1.29 is 43.2 Å². The van der Waals surface area contributed by atoms with Gasteiger partial charge in [-0.25, -0.2) is 0 Å². The number of guanidine groups is 6. The molecule has 7 rings (SSSR count). The lowest BCUT2D eigenvalue weighted by atomic mass is 9.83. The number of para-hydroxylation sites is 3. The molecule has 42 nitrogen and oxygen atoms in total. The highest BCUT2D eigenvalue weighted by Crippen LogP contribution is 2.32. The molecule has 9 atom stereocenters. The Hall–Kier alpha value is -13.8. The van der Waals surface area contributed by atoms with Crippen LogP contribution in [0.5, 0.6) is 0 Å². The van der Waals surface area contributed by atoms with Crippen molar-refractivity contribution in [1.29, 1.82) is 32.5 Å². The zero-order valence-corrected chi connectivity index (χ0v) is 71.8. The molecule has 684 valence electrons. The second kappa shape index (κ2) is 50.7. The summed E-state index contributed by atoms with van der Waals surface area (Å²) in [6.45, 7) is 6.07. The van der Waals surface area contributed by atoms with E-state index >= 15 is 28.8 Å². The lowest BCUT2D eigenvalue weighted by molar-refractivity contribution is -0.132. The first-order valence-corrected chi connectivity index (χ1v) is 42.5. The smallest absolute Gasteiger partial charge is 0.243 e. The van der Waals surface area contributed by atoms with Gasteiger partial charge in [0.15, 0.2) is 35.8 Å². The summed E-state index contributed by atoms with van der Waals surface area (Å²) < 4.78 is 0. The maximum absolute atomic E-state index is 15.4. The average molecular weight is 1750 g/mol. The minimum absolute atomic E-state index is 0.0283. The molecule has 0 saturated carbocycles. The summed E-state index contributed by atoms with van der Waals surface area (Å²) in [6, 6.07) is 11.0. The molecule has 0 radical (unpaired) electrons. The number of rotatable bonds is 54. The van der Waals surface area contributed by atoms with E-state index in [2.05, 4.69) is 94.7 Å². The van der Waals surface area contributed by atoms with Crippen LogP contribution in [0.2, 0.25) is 0 Å². The summed E-state index contributed by atoms with van der Waals surface area (Å²) in [5.41, 5.74) is 60.9. The highest BCUT2D eigenvalue weighted by atomic mass is 16.2. The standard InChI is InChI=1S/C84H129N33O9/c1-4-49-55(43-109-73(121)64(28-16-34-103-82(94)95)112-76(124)67(37-46-40-106-61-25-10-7-19-52(46)61)115-70(118)58(85)22-13-31-100-79(88)89)50(5-2)57(45-111-75(123)66(30-18-36-105-84(98)99)114-78(126)69(39-48-42-108-63-27-12-9-21-54(48)63)117-72(120)60(87)24-15-33-102-81(92)93)51(6-3)56(49)44-110-74(122)65(29-17-35-104-83(96)97)113-77(125)68(38-47-41-107-62-26-11-8-20-53(47)62)116-71(119)59(86)23-14-32-101-80(90)91/h7-12,19-21,25-27,40-42,58-60,64-69,106-108H,4-6,13-18,22-24,28-39,43-45,85-87H2,1-3H3,(H,109,121)(H,110,122)(H,111,123)(H,112,124)(H,113,125)(H,114,126)(H,115,118)(H,116,119)(H,117,120)(H4,88,89,100)(H4,90,91,101)(H4,92,93,102)(H4,94,95,103)(H4,96,97,104)(H4,98,99,105)/t58-,59-,60-,64-,65-,66-,67-,68-,69-/m0/s1. The van der Waals surface area contributed by atoms with E-state index in [1.807, 2.05) is 93.6 Å². The average Bonchev–Trinajstić information content (AvgIpc) is 1.06. The maximum atomic E-state index is 15.4. The lowest BCUT2D eigenvalue weighted by Gasteiger charge is -2.29. The SMILES string of the molecule is CCc1c(CNC(=O)[C@H](CCCNC(=N)N)NC(=O)[C@H](Cc2c[nH]c3ccccc23)NC(=O)[C@@H](N)CCCNC(=N)N)c(CC)c(CNC(=O)[C@H](CCCNC(=N)N)NC(=O)[C@H](Cc2c[nH]c3ccccc23)NC(=O)[C@@H](N)CCCNC(=N)N)c(CC)c1CNC(=O)[C@H](CCCNC(=N)N)NC(=O)[C@H](Cc1c[nH]c2ccccc12)NC(=O)[C@@H](N)CCCNC(=N)N. The molecule has 3 heterocycles. The van der Waals surface area contributed by atoms with Crippen LogP contribution in [0.3, 0.4) is 0 Å². The highest BCUT2D eigenvalue weighted by Gasteiger charge is 2.35. The van der Waals surface area contributed by atoms with Gasteiger partial charge in [0.2, 0.25) is 53.2 Å². The van der Waals surface area contributed by atoms with Crippen LogP contribution in [0.25, 0.3) is 32.7 Å². The van der Waals surface area contributed by atoms with Crippen molar-refractivity contribution in [3.05, 3.63) is 141 Å². The van der Waals surface area contributed by atoms with E-state index in [1.165, 1.54) is 0 Å². The van der Waals surface area contributed by atoms with Gasteiger partial charge in [-0.15, -0.1) is 0 Å². The molecular formula is C84H129N33O9. The van der Waals surface area contributed by atoms with Crippen LogP contribution in [0.1, 0.15) is 148 Å². The number of carbonyl (C=O) groups excluding carboxylic acids is 9. The molecule has 9 amide bonds. The second-order valence-corrected chi connectivity index (χ2v) is 30.9. The molecule has 0 spiro atoms. The summed E-state index contributed by atoms with van der Waals surface area (Å²) >= 11 is 0. The fourth-order valence-corrected chi connectivity index (χ4v) is 15.2. The van der Waals surface area contributed by atoms with Crippen LogP contribution in [-0.4, -0.2) is 198 Å². The second-order valence-electron chi connectivity index (χ2n) is 30.9. The Labute approximate surface area is 731 Å². The first-order chi connectivity index (χ1) is 60.3. The third kappa shape index (κ3) is 31.2. The van der Waals surface area contributed by atoms with E-state index in [0.29, 0.717) is 69.3 Å². The van der Waals surface area contributed by atoms with Crippen LogP contribution in [0.15, 0.2) is 91.4 Å². The number of hydrogen-bond donors (Lipinski definition) is 33. The molecule has 0 bridgehead atoms. The highest BCUT2D eigenvalue weighted by molar-refractivity contribution is 5.97. The van der Waals surface area contributed by atoms with Crippen molar-refractivity contribution in [1.82, 2.24) is 94.7 Å². The van der Waals surface area contributed by atoms with Gasteiger partial charge in [0.25, 0.3) is 0 Å². The van der Waals surface area contributed by atoms with E-state index in [9.17, 15) is 14.4 Å². The number of aromatic amines is 3. The minimum Gasteiger partial charge on any atom is -0.370 e. The van der Waals surface area contributed by atoms with Gasteiger partial charge in [0, 0.05) is 129 Å². The number of aromatic nitrogens is 3. The van der Waals surface area contributed by atoms with Crippen LogP contribution in [0.4, 0.5) is 0 Å². The monoisotopic (exact) mass is 1740 g/mol. The van der Waals surface area contributed by atoms with E-state index in [0.717, 1.165) is 32.7 Å². The number of carbonyl (C=O) groups is 9. The maximum Gasteiger partial charge on any atom is 0.243 e. The molecule has 0 saturated heterocycles. The van der Waals surface area contributed by atoms with Crippen molar-refractivity contribution in [2.75, 3.05) is 39.3 Å². The number of nitrogens with one attached hydrogen (secondary N) is 24. The Morgan fingerprint density at radius 1 is 0.286 bits per heavy atom. The zero-order valence-electron chi connectivity index (χ0n) is 71.8. The van der Waals surface area contributed by atoms with Crippen LogP contribution >= 0.6 is 0 Å². The van der Waals surface area contributed by atoms with Gasteiger partial charge in [-0.1, -0.05) is 75.4 Å². The summed E-state index contributed by atoms with van der Waals surface area (Å²) in [4.78, 5) is 143. The van der Waals surface area contributed by atoms with Gasteiger partial charge in [0.05, 0.1) is 18.1 Å². The van der Waals surface area contributed by atoms with Crippen molar-refractivity contribution in [3.8, 4) is 0 Å². The molecule has 7 aromatic rings. The first kappa shape index (κ1) is 99.3. The molecule has 0 unspecified atom stereocenters. The number of hydrogen-bond acceptors (Lipinski definition) is 18. The lowest BCUT2D eigenvalue weighted by Crippen LogP contribution is -2.56. The summed E-state index contributed by atoms with van der Waals surface area (Å²) in [5.74, 6) is -8.01. The predicted molar refractivity (Wildman–Crippen MR) is 487 cm³/mol. The molecule has 4 aromatic carbocycles. The molecule has 0 fully saturated rings. The van der Waals surface area contributed by atoms with E-state index in [-0.39, 0.29) is 191 Å². The number of amides is 9. The molecule has 42 heteroatoms. The Morgan fingerprint density at radius 2 is 0.500 bits per heavy atom. The predicted octanol–water partition coefficient (Wildman–Crippen LogP) is -2.14. The molecule has 126 heavy (non-hydrogen) atoms. The Bertz CT molecular complexity index is 4430. The largest absolute Gasteiger partial charge is 0.370 e.